The fourth-order valence-electron chi connectivity index (χ4n) is 1.72. The molecule has 0 spiro atoms. The van der Waals surface area contributed by atoms with E-state index in [0.29, 0.717) is 23.7 Å². The molecule has 4 N–H and O–H groups in total. The van der Waals surface area contributed by atoms with E-state index in [2.05, 4.69) is 10.0 Å². The number of anilines is 2. The zero-order chi connectivity index (χ0) is 15.3. The van der Waals surface area contributed by atoms with E-state index in [1.165, 1.54) is 0 Å². The number of hydrogen-bond donors (Lipinski definition) is 3. The summed E-state index contributed by atoms with van der Waals surface area (Å²) in [6.07, 6.45) is 1.66. The van der Waals surface area contributed by atoms with Crippen LogP contribution in [-0.2, 0) is 14.8 Å². The van der Waals surface area contributed by atoms with Crippen molar-refractivity contribution in [2.75, 3.05) is 16.3 Å². The third-order valence-corrected chi connectivity index (χ3v) is 3.10. The minimum absolute atomic E-state index is 0.282. The summed E-state index contributed by atoms with van der Waals surface area (Å²) in [5.41, 5.74) is 6.68. The van der Waals surface area contributed by atoms with Gasteiger partial charge in [-0.15, -0.1) is 0 Å². The molecule has 1 rings (SSSR count). The summed E-state index contributed by atoms with van der Waals surface area (Å²) in [4.78, 5) is 11.9. The highest BCUT2D eigenvalue weighted by molar-refractivity contribution is 7.92. The van der Waals surface area contributed by atoms with Crippen LogP contribution in [0.1, 0.15) is 20.3 Å². The lowest BCUT2D eigenvalue weighted by atomic mass is 10.0. The third kappa shape index (κ3) is 6.03. The third-order valence-electron chi connectivity index (χ3n) is 2.50. The monoisotopic (exact) mass is 299 g/mol. The van der Waals surface area contributed by atoms with Gasteiger partial charge in [-0.3, -0.25) is 9.52 Å². The van der Waals surface area contributed by atoms with Crippen molar-refractivity contribution in [3.63, 3.8) is 0 Å². The zero-order valence-corrected chi connectivity index (χ0v) is 12.7. The maximum atomic E-state index is 11.9. The van der Waals surface area contributed by atoms with E-state index < -0.39 is 16.1 Å². The van der Waals surface area contributed by atoms with Crippen molar-refractivity contribution >= 4 is 27.3 Å². The van der Waals surface area contributed by atoms with E-state index in [-0.39, 0.29) is 5.91 Å². The minimum atomic E-state index is -3.34. The van der Waals surface area contributed by atoms with Gasteiger partial charge in [-0.05, 0) is 30.5 Å². The number of sulfonamides is 1. The topological polar surface area (TPSA) is 101 Å². The molecule has 20 heavy (non-hydrogen) atoms. The fourth-order valence-corrected chi connectivity index (χ4v) is 2.28. The van der Waals surface area contributed by atoms with Crippen LogP contribution < -0.4 is 15.8 Å². The highest BCUT2D eigenvalue weighted by Gasteiger charge is 2.15. The van der Waals surface area contributed by atoms with E-state index in [9.17, 15) is 13.2 Å². The first-order valence-electron chi connectivity index (χ1n) is 6.31. The van der Waals surface area contributed by atoms with E-state index >= 15 is 0 Å². The number of amides is 1. The number of hydrogen-bond acceptors (Lipinski definition) is 4. The molecule has 0 saturated carbocycles. The van der Waals surface area contributed by atoms with Gasteiger partial charge in [0.15, 0.2) is 0 Å². The van der Waals surface area contributed by atoms with Crippen molar-refractivity contribution < 1.29 is 13.2 Å². The summed E-state index contributed by atoms with van der Waals surface area (Å²) in [6, 6.07) is 5.89. The van der Waals surface area contributed by atoms with Crippen LogP contribution in [0.5, 0.6) is 0 Å². The van der Waals surface area contributed by atoms with Crippen molar-refractivity contribution in [2.45, 2.75) is 26.3 Å². The van der Waals surface area contributed by atoms with E-state index in [1.54, 1.807) is 24.3 Å². The Bertz CT molecular complexity index is 570. The first-order chi connectivity index (χ1) is 9.17. The van der Waals surface area contributed by atoms with Gasteiger partial charge < -0.3 is 11.1 Å². The maximum Gasteiger partial charge on any atom is 0.241 e. The Morgan fingerprint density at radius 1 is 1.30 bits per heavy atom. The van der Waals surface area contributed by atoms with Gasteiger partial charge in [-0.25, -0.2) is 8.42 Å². The van der Waals surface area contributed by atoms with Gasteiger partial charge >= 0.3 is 0 Å². The lowest BCUT2D eigenvalue weighted by Gasteiger charge is -2.14. The number of carbonyl (C=O) groups is 1. The molecule has 1 aromatic carbocycles. The number of carbonyl (C=O) groups excluding carboxylic acids is 1. The molecule has 0 aliphatic carbocycles. The Balaban J connectivity index is 2.73. The molecule has 0 radical (unpaired) electrons. The van der Waals surface area contributed by atoms with Crippen molar-refractivity contribution in [2.24, 2.45) is 11.7 Å². The highest BCUT2D eigenvalue weighted by atomic mass is 32.2. The molecule has 0 aromatic heterocycles. The zero-order valence-electron chi connectivity index (χ0n) is 11.9. The maximum absolute atomic E-state index is 11.9. The second kappa shape index (κ2) is 6.71. The van der Waals surface area contributed by atoms with Gasteiger partial charge in [0.05, 0.1) is 18.0 Å². The number of nitrogens with two attached hydrogens (primary N) is 1. The van der Waals surface area contributed by atoms with Gasteiger partial charge in [-0.2, -0.15) is 0 Å². The number of benzene rings is 1. The molecule has 1 unspecified atom stereocenters. The van der Waals surface area contributed by atoms with Crippen molar-refractivity contribution in [1.82, 2.24) is 0 Å². The molecule has 1 amide bonds. The average molecular weight is 299 g/mol. The van der Waals surface area contributed by atoms with Crippen LogP contribution in [0.2, 0.25) is 0 Å². The molecule has 1 aromatic rings. The predicted octanol–water partition coefficient (Wildman–Crippen LogP) is 1.37. The molecule has 0 fully saturated rings. The van der Waals surface area contributed by atoms with E-state index in [1.807, 2.05) is 13.8 Å². The van der Waals surface area contributed by atoms with Gasteiger partial charge in [0.1, 0.15) is 0 Å². The first kappa shape index (κ1) is 16.5. The Kier molecular flexibility index (Phi) is 5.52. The Morgan fingerprint density at radius 2 is 1.90 bits per heavy atom. The van der Waals surface area contributed by atoms with Gasteiger partial charge in [0, 0.05) is 5.69 Å². The molecular formula is C13H21N3O3S. The molecule has 0 aliphatic heterocycles. The standard InChI is InChI=1S/C13H21N3O3S/c1-9(2)7-12(14)13(17)15-10-5-4-6-11(8-10)16-20(3,18)19/h4-6,8-9,12,16H,7,14H2,1-3H3,(H,15,17). The van der Waals surface area contributed by atoms with Crippen LogP contribution in [0.25, 0.3) is 0 Å². The van der Waals surface area contributed by atoms with Gasteiger partial charge in [0.2, 0.25) is 15.9 Å². The predicted molar refractivity (Wildman–Crippen MR) is 81.0 cm³/mol. The minimum Gasteiger partial charge on any atom is -0.325 e. The van der Waals surface area contributed by atoms with Crippen LogP contribution >= 0.6 is 0 Å². The molecule has 0 bridgehead atoms. The van der Waals surface area contributed by atoms with Gasteiger partial charge in [-0.1, -0.05) is 19.9 Å². The van der Waals surface area contributed by atoms with Crippen LogP contribution in [0.4, 0.5) is 11.4 Å². The van der Waals surface area contributed by atoms with Crippen LogP contribution in [-0.4, -0.2) is 26.6 Å². The normalized spacial score (nSPS) is 13.1. The summed E-state index contributed by atoms with van der Waals surface area (Å²) in [6.45, 7) is 3.98. The molecule has 112 valence electrons. The summed E-state index contributed by atoms with van der Waals surface area (Å²) < 4.78 is 24.6. The second-order valence-electron chi connectivity index (χ2n) is 5.18. The van der Waals surface area contributed by atoms with Crippen molar-refractivity contribution in [3.8, 4) is 0 Å². The summed E-state index contributed by atoms with van der Waals surface area (Å²) >= 11 is 0. The number of rotatable bonds is 6. The molecular weight excluding hydrogens is 278 g/mol. The van der Waals surface area contributed by atoms with Crippen molar-refractivity contribution in [3.05, 3.63) is 24.3 Å². The summed E-state index contributed by atoms with van der Waals surface area (Å²) in [7, 11) is -3.34. The molecule has 6 nitrogen and oxygen atoms in total. The van der Waals surface area contributed by atoms with Crippen LogP contribution in [0.3, 0.4) is 0 Å². The number of nitrogens with one attached hydrogen (secondary N) is 2. The lowest BCUT2D eigenvalue weighted by Crippen LogP contribution is -2.36. The smallest absolute Gasteiger partial charge is 0.241 e. The Labute approximate surface area is 119 Å². The molecule has 0 saturated heterocycles. The summed E-state index contributed by atoms with van der Waals surface area (Å²) in [5.74, 6) is 0.0455. The van der Waals surface area contributed by atoms with Crippen LogP contribution in [0, 0.1) is 5.92 Å². The first-order valence-corrected chi connectivity index (χ1v) is 8.21. The summed E-state index contributed by atoms with van der Waals surface area (Å²) in [5, 5.41) is 2.67. The average Bonchev–Trinajstić information content (AvgIpc) is 2.25. The Hall–Kier alpha value is -1.60. The fraction of sp³-hybridized carbons (Fsp3) is 0.462. The van der Waals surface area contributed by atoms with E-state index in [0.717, 1.165) is 6.26 Å². The van der Waals surface area contributed by atoms with E-state index in [4.69, 9.17) is 5.73 Å². The second-order valence-corrected chi connectivity index (χ2v) is 6.93. The molecule has 0 aliphatic rings. The SMILES string of the molecule is CC(C)CC(N)C(=O)Nc1cccc(NS(C)(=O)=O)c1. The van der Waals surface area contributed by atoms with Gasteiger partial charge in [0.25, 0.3) is 0 Å². The Morgan fingerprint density at radius 3 is 2.45 bits per heavy atom. The molecule has 0 heterocycles. The lowest BCUT2D eigenvalue weighted by molar-refractivity contribution is -0.117. The molecule has 7 heteroatoms. The van der Waals surface area contributed by atoms with Crippen LogP contribution in [0.15, 0.2) is 24.3 Å². The quantitative estimate of drug-likeness (QED) is 0.738. The highest BCUT2D eigenvalue weighted by Crippen LogP contribution is 2.16. The van der Waals surface area contributed by atoms with Crippen molar-refractivity contribution in [1.29, 1.82) is 0 Å². The largest absolute Gasteiger partial charge is 0.325 e. The molecule has 1 atom stereocenters.